The molecule has 2 saturated carbocycles. The van der Waals surface area contributed by atoms with Crippen molar-refractivity contribution in [1.82, 2.24) is 0 Å². The van der Waals surface area contributed by atoms with Gasteiger partial charge in [0.1, 0.15) is 0 Å². The monoisotopic (exact) mass is 448 g/mol. The molecule has 0 radical (unpaired) electrons. The number of rotatable bonds is 5. The molecule has 0 aliphatic heterocycles. The van der Waals surface area contributed by atoms with E-state index in [1.807, 2.05) is 0 Å². The van der Waals surface area contributed by atoms with E-state index in [0.29, 0.717) is 48.3 Å². The summed E-state index contributed by atoms with van der Waals surface area (Å²) in [6.07, 6.45) is 6.39. The second-order valence-corrected chi connectivity index (χ2v) is 9.59. The van der Waals surface area contributed by atoms with Gasteiger partial charge in [0, 0.05) is 0 Å². The molecular formula is C27H32F4O. The molecule has 32 heavy (non-hydrogen) atoms. The SMILES string of the molecule is CCOc1ccc(C2CCC(c3ccc(C4CCC(C)CC4)c(F)c3F)CC2)c(F)c1F. The van der Waals surface area contributed by atoms with Crippen LogP contribution in [0, 0.1) is 29.2 Å². The Kier molecular flexibility index (Phi) is 7.11. The van der Waals surface area contributed by atoms with E-state index in [1.54, 1.807) is 25.1 Å². The van der Waals surface area contributed by atoms with Crippen LogP contribution in [0.25, 0.3) is 0 Å². The van der Waals surface area contributed by atoms with Gasteiger partial charge in [0.25, 0.3) is 0 Å². The first-order valence-electron chi connectivity index (χ1n) is 12.0. The lowest BCUT2D eigenvalue weighted by atomic mass is 9.75. The van der Waals surface area contributed by atoms with Crippen molar-refractivity contribution >= 4 is 0 Å². The largest absolute Gasteiger partial charge is 0.491 e. The quantitative estimate of drug-likeness (QED) is 0.418. The molecule has 0 amide bonds. The molecule has 0 aromatic heterocycles. The molecule has 0 N–H and O–H groups in total. The smallest absolute Gasteiger partial charge is 0.200 e. The molecule has 174 valence electrons. The summed E-state index contributed by atoms with van der Waals surface area (Å²) >= 11 is 0. The number of ether oxygens (including phenoxy) is 1. The van der Waals surface area contributed by atoms with E-state index in [9.17, 15) is 13.2 Å². The summed E-state index contributed by atoms with van der Waals surface area (Å²) in [7, 11) is 0. The topological polar surface area (TPSA) is 9.23 Å². The Morgan fingerprint density at radius 3 is 1.44 bits per heavy atom. The Morgan fingerprint density at radius 2 is 1.00 bits per heavy atom. The fourth-order valence-electron chi connectivity index (χ4n) is 5.63. The molecule has 0 unspecified atom stereocenters. The molecular weight excluding hydrogens is 416 g/mol. The van der Waals surface area contributed by atoms with Crippen LogP contribution >= 0.6 is 0 Å². The predicted octanol–water partition coefficient (Wildman–Crippen LogP) is 8.38. The average molecular weight is 449 g/mol. The lowest BCUT2D eigenvalue weighted by Crippen LogP contribution is -2.17. The van der Waals surface area contributed by atoms with Crippen LogP contribution in [-0.4, -0.2) is 6.61 Å². The van der Waals surface area contributed by atoms with Crippen LogP contribution in [0.5, 0.6) is 5.75 Å². The highest BCUT2D eigenvalue weighted by Gasteiger charge is 2.31. The summed E-state index contributed by atoms with van der Waals surface area (Å²) in [6, 6.07) is 6.60. The first kappa shape index (κ1) is 23.1. The zero-order chi connectivity index (χ0) is 22.8. The lowest BCUT2D eigenvalue weighted by molar-refractivity contribution is 0.310. The van der Waals surface area contributed by atoms with Crippen molar-refractivity contribution in [1.29, 1.82) is 0 Å². The zero-order valence-corrected chi connectivity index (χ0v) is 18.9. The third-order valence-electron chi connectivity index (χ3n) is 7.58. The summed E-state index contributed by atoms with van der Waals surface area (Å²) in [5.41, 5.74) is 1.28. The Labute approximate surface area is 188 Å². The van der Waals surface area contributed by atoms with Crippen LogP contribution in [0.15, 0.2) is 24.3 Å². The van der Waals surface area contributed by atoms with Crippen molar-refractivity contribution < 1.29 is 22.3 Å². The minimum absolute atomic E-state index is 0.0764. The standard InChI is InChI=1S/C27H32F4O/c1-3-32-23-15-14-22(26(30)27(23)31)19-10-8-18(9-11-19)21-13-12-20(24(28)25(21)29)17-6-4-16(2)5-7-17/h12-19H,3-11H2,1-2H3. The Balaban J connectivity index is 1.45. The predicted molar refractivity (Wildman–Crippen MR) is 118 cm³/mol. The number of halogens is 4. The van der Waals surface area contributed by atoms with Crippen LogP contribution in [-0.2, 0) is 0 Å². The van der Waals surface area contributed by atoms with Gasteiger partial charge >= 0.3 is 0 Å². The maximum Gasteiger partial charge on any atom is 0.200 e. The Morgan fingerprint density at radius 1 is 0.625 bits per heavy atom. The van der Waals surface area contributed by atoms with Crippen LogP contribution in [0.2, 0.25) is 0 Å². The van der Waals surface area contributed by atoms with Crippen LogP contribution in [0.3, 0.4) is 0 Å². The van der Waals surface area contributed by atoms with E-state index in [1.165, 1.54) is 6.07 Å². The van der Waals surface area contributed by atoms with Gasteiger partial charge in [-0.15, -0.1) is 0 Å². The maximum absolute atomic E-state index is 15.0. The highest BCUT2D eigenvalue weighted by Crippen LogP contribution is 2.44. The maximum atomic E-state index is 15.0. The first-order valence-corrected chi connectivity index (χ1v) is 12.0. The lowest BCUT2D eigenvalue weighted by Gasteiger charge is -2.31. The number of hydrogen-bond acceptors (Lipinski definition) is 1. The zero-order valence-electron chi connectivity index (χ0n) is 18.9. The summed E-state index contributed by atoms with van der Waals surface area (Å²) in [6.45, 7) is 4.19. The normalized spacial score (nSPS) is 26.2. The highest BCUT2D eigenvalue weighted by molar-refractivity contribution is 5.35. The van der Waals surface area contributed by atoms with Crippen molar-refractivity contribution in [3.63, 3.8) is 0 Å². The van der Waals surface area contributed by atoms with Gasteiger partial charge in [-0.05, 0) is 91.9 Å². The second-order valence-electron chi connectivity index (χ2n) is 9.59. The molecule has 0 spiro atoms. The first-order chi connectivity index (χ1) is 15.4. The molecule has 2 aromatic carbocycles. The van der Waals surface area contributed by atoms with Crippen molar-refractivity contribution in [2.45, 2.75) is 83.0 Å². The van der Waals surface area contributed by atoms with E-state index >= 15 is 4.39 Å². The molecule has 2 aliphatic rings. The third kappa shape index (κ3) is 4.53. The fourth-order valence-corrected chi connectivity index (χ4v) is 5.63. The van der Waals surface area contributed by atoms with Crippen molar-refractivity contribution in [2.24, 2.45) is 5.92 Å². The van der Waals surface area contributed by atoms with Gasteiger partial charge in [-0.25, -0.2) is 13.2 Å². The van der Waals surface area contributed by atoms with Gasteiger partial charge < -0.3 is 4.74 Å². The summed E-state index contributed by atoms with van der Waals surface area (Å²) < 4.78 is 64.0. The average Bonchev–Trinajstić information content (AvgIpc) is 2.80. The third-order valence-corrected chi connectivity index (χ3v) is 7.58. The Hall–Kier alpha value is -2.04. The molecule has 0 atom stereocenters. The summed E-state index contributed by atoms with van der Waals surface area (Å²) in [5.74, 6) is -2.77. The minimum Gasteiger partial charge on any atom is -0.491 e. The number of hydrogen-bond donors (Lipinski definition) is 0. The minimum atomic E-state index is -0.952. The van der Waals surface area contributed by atoms with Gasteiger partial charge in [-0.3, -0.25) is 0 Å². The van der Waals surface area contributed by atoms with Crippen LogP contribution in [0.4, 0.5) is 17.6 Å². The van der Waals surface area contributed by atoms with Gasteiger partial charge in [-0.2, -0.15) is 4.39 Å². The molecule has 2 aliphatic carbocycles. The van der Waals surface area contributed by atoms with E-state index in [2.05, 4.69) is 6.92 Å². The van der Waals surface area contributed by atoms with Gasteiger partial charge in [-0.1, -0.05) is 38.0 Å². The molecule has 0 saturated heterocycles. The van der Waals surface area contributed by atoms with Crippen molar-refractivity contribution in [3.8, 4) is 5.75 Å². The molecule has 5 heteroatoms. The van der Waals surface area contributed by atoms with Crippen LogP contribution < -0.4 is 4.74 Å². The van der Waals surface area contributed by atoms with Crippen molar-refractivity contribution in [2.75, 3.05) is 6.61 Å². The molecule has 2 fully saturated rings. The summed E-state index contributed by atoms with van der Waals surface area (Å²) in [5, 5.41) is 0. The second kappa shape index (κ2) is 9.84. The number of benzene rings is 2. The van der Waals surface area contributed by atoms with Crippen LogP contribution in [0.1, 0.15) is 99.7 Å². The van der Waals surface area contributed by atoms with Gasteiger partial charge in [0.2, 0.25) is 5.82 Å². The van der Waals surface area contributed by atoms with E-state index < -0.39 is 23.3 Å². The van der Waals surface area contributed by atoms with Gasteiger partial charge in [0.05, 0.1) is 6.61 Å². The van der Waals surface area contributed by atoms with E-state index in [0.717, 1.165) is 25.7 Å². The van der Waals surface area contributed by atoms with Gasteiger partial charge in [0.15, 0.2) is 23.2 Å². The van der Waals surface area contributed by atoms with E-state index in [-0.39, 0.29) is 30.1 Å². The molecule has 2 aromatic rings. The highest BCUT2D eigenvalue weighted by atomic mass is 19.2. The molecule has 0 bridgehead atoms. The molecule has 1 nitrogen and oxygen atoms in total. The Bertz CT molecular complexity index is 941. The molecule has 4 rings (SSSR count). The fraction of sp³-hybridized carbons (Fsp3) is 0.556. The summed E-state index contributed by atoms with van der Waals surface area (Å²) in [4.78, 5) is 0. The molecule has 0 heterocycles. The van der Waals surface area contributed by atoms with Crippen molar-refractivity contribution in [3.05, 3.63) is 64.2 Å². The van der Waals surface area contributed by atoms with E-state index in [4.69, 9.17) is 4.74 Å².